The van der Waals surface area contributed by atoms with Gasteiger partial charge >= 0.3 is 5.97 Å². The van der Waals surface area contributed by atoms with Crippen LogP contribution in [0.4, 0.5) is 5.69 Å². The molecule has 0 atom stereocenters. The predicted octanol–water partition coefficient (Wildman–Crippen LogP) is 2.01. The SMILES string of the molecule is O=C(COC(=O)c1cccc(-n2cnnn2)c1)Nc1cccc2ncccc12. The Bertz CT molecular complexity index is 1140. The second-order valence-electron chi connectivity index (χ2n) is 5.80. The van der Waals surface area contributed by atoms with E-state index in [9.17, 15) is 9.59 Å². The minimum absolute atomic E-state index is 0.287. The van der Waals surface area contributed by atoms with E-state index in [1.165, 1.54) is 11.0 Å². The van der Waals surface area contributed by atoms with Gasteiger partial charge < -0.3 is 10.1 Å². The molecule has 0 aliphatic rings. The minimum Gasteiger partial charge on any atom is -0.452 e. The van der Waals surface area contributed by atoms with E-state index in [2.05, 4.69) is 25.8 Å². The normalized spacial score (nSPS) is 10.6. The summed E-state index contributed by atoms with van der Waals surface area (Å²) in [6, 6.07) is 15.6. The van der Waals surface area contributed by atoms with Gasteiger partial charge in [0.1, 0.15) is 6.33 Å². The van der Waals surface area contributed by atoms with E-state index < -0.39 is 18.5 Å². The van der Waals surface area contributed by atoms with Crippen molar-refractivity contribution in [2.75, 3.05) is 11.9 Å². The van der Waals surface area contributed by atoms with Gasteiger partial charge in [-0.25, -0.2) is 9.48 Å². The second kappa shape index (κ2) is 7.62. The highest BCUT2D eigenvalue weighted by Crippen LogP contribution is 2.21. The second-order valence-corrected chi connectivity index (χ2v) is 5.80. The molecular formula is C19H14N6O3. The van der Waals surface area contributed by atoms with Crippen molar-refractivity contribution in [2.24, 2.45) is 0 Å². The number of hydrogen-bond donors (Lipinski definition) is 1. The summed E-state index contributed by atoms with van der Waals surface area (Å²) >= 11 is 0. The van der Waals surface area contributed by atoms with Crippen LogP contribution in [0.5, 0.6) is 0 Å². The number of carbonyl (C=O) groups is 2. The molecule has 0 fully saturated rings. The molecule has 1 amide bonds. The molecule has 0 saturated heterocycles. The predicted molar refractivity (Wildman–Crippen MR) is 99.8 cm³/mol. The summed E-state index contributed by atoms with van der Waals surface area (Å²) in [5, 5.41) is 14.4. The van der Waals surface area contributed by atoms with E-state index in [0.717, 1.165) is 10.9 Å². The molecule has 9 heteroatoms. The fourth-order valence-corrected chi connectivity index (χ4v) is 2.67. The van der Waals surface area contributed by atoms with Gasteiger partial charge in [0.2, 0.25) is 0 Å². The Balaban J connectivity index is 1.41. The van der Waals surface area contributed by atoms with Crippen LogP contribution in [-0.4, -0.2) is 43.7 Å². The highest BCUT2D eigenvalue weighted by molar-refractivity contribution is 6.02. The zero-order valence-electron chi connectivity index (χ0n) is 14.5. The van der Waals surface area contributed by atoms with Crippen molar-refractivity contribution in [2.45, 2.75) is 0 Å². The average molecular weight is 374 g/mol. The fraction of sp³-hybridized carbons (Fsp3) is 0.0526. The van der Waals surface area contributed by atoms with E-state index in [-0.39, 0.29) is 5.56 Å². The van der Waals surface area contributed by atoms with E-state index in [1.54, 1.807) is 48.7 Å². The van der Waals surface area contributed by atoms with E-state index in [4.69, 9.17) is 4.74 Å². The van der Waals surface area contributed by atoms with Gasteiger partial charge in [0, 0.05) is 11.6 Å². The number of aromatic nitrogens is 5. The lowest BCUT2D eigenvalue weighted by Crippen LogP contribution is -2.21. The Labute approximate surface area is 159 Å². The molecule has 0 unspecified atom stereocenters. The van der Waals surface area contributed by atoms with Gasteiger partial charge in [-0.05, 0) is 52.9 Å². The van der Waals surface area contributed by atoms with E-state index in [0.29, 0.717) is 11.4 Å². The largest absolute Gasteiger partial charge is 0.452 e. The molecule has 4 aromatic rings. The first-order chi connectivity index (χ1) is 13.7. The molecule has 1 N–H and O–H groups in total. The van der Waals surface area contributed by atoms with Crippen molar-refractivity contribution in [3.63, 3.8) is 0 Å². The quantitative estimate of drug-likeness (QED) is 0.532. The topological polar surface area (TPSA) is 112 Å². The molecule has 0 bridgehead atoms. The number of esters is 1. The summed E-state index contributed by atoms with van der Waals surface area (Å²) in [6.45, 7) is -0.412. The van der Waals surface area contributed by atoms with Crippen LogP contribution in [0.1, 0.15) is 10.4 Å². The monoisotopic (exact) mass is 374 g/mol. The number of benzene rings is 2. The number of pyridine rings is 1. The number of fused-ring (bicyclic) bond motifs is 1. The molecular weight excluding hydrogens is 360 g/mol. The standard InChI is InChI=1S/C19H14N6O3/c26-18(22-17-8-2-7-16-15(17)6-3-9-20-16)11-28-19(27)13-4-1-5-14(10-13)25-12-21-23-24-25/h1-10,12H,11H2,(H,22,26). The highest BCUT2D eigenvalue weighted by atomic mass is 16.5. The van der Waals surface area contributed by atoms with Gasteiger partial charge in [0.25, 0.3) is 5.91 Å². The lowest BCUT2D eigenvalue weighted by atomic mass is 10.2. The van der Waals surface area contributed by atoms with Crippen LogP contribution in [-0.2, 0) is 9.53 Å². The van der Waals surface area contributed by atoms with Gasteiger partial charge in [-0.3, -0.25) is 9.78 Å². The first-order valence-electron chi connectivity index (χ1n) is 8.35. The first-order valence-corrected chi connectivity index (χ1v) is 8.35. The Morgan fingerprint density at radius 3 is 2.82 bits per heavy atom. The maximum absolute atomic E-state index is 12.3. The summed E-state index contributed by atoms with van der Waals surface area (Å²) in [4.78, 5) is 28.7. The van der Waals surface area contributed by atoms with E-state index >= 15 is 0 Å². The molecule has 2 aromatic carbocycles. The number of anilines is 1. The van der Waals surface area contributed by atoms with Crippen LogP contribution >= 0.6 is 0 Å². The molecule has 4 rings (SSSR count). The number of nitrogens with one attached hydrogen (secondary N) is 1. The third-order valence-electron chi connectivity index (χ3n) is 3.95. The van der Waals surface area contributed by atoms with Crippen LogP contribution in [0.2, 0.25) is 0 Å². The van der Waals surface area contributed by atoms with Crippen LogP contribution < -0.4 is 5.32 Å². The number of nitrogens with zero attached hydrogens (tertiary/aromatic N) is 5. The Kier molecular flexibility index (Phi) is 4.70. The molecule has 2 heterocycles. The Hall–Kier alpha value is -4.14. The molecule has 0 saturated carbocycles. The molecule has 138 valence electrons. The third kappa shape index (κ3) is 3.68. The molecule has 2 aromatic heterocycles. The van der Waals surface area contributed by atoms with Crippen molar-refractivity contribution in [3.05, 3.63) is 72.7 Å². The number of carbonyl (C=O) groups excluding carboxylic acids is 2. The number of ether oxygens (including phenoxy) is 1. The van der Waals surface area contributed by atoms with Gasteiger partial charge in [-0.1, -0.05) is 12.1 Å². The fourth-order valence-electron chi connectivity index (χ4n) is 2.67. The maximum Gasteiger partial charge on any atom is 0.338 e. The number of tetrazole rings is 1. The Morgan fingerprint density at radius 1 is 1.07 bits per heavy atom. The minimum atomic E-state index is -0.621. The number of amides is 1. The van der Waals surface area contributed by atoms with Crippen molar-refractivity contribution in [1.82, 2.24) is 25.2 Å². The first kappa shape index (κ1) is 17.3. The molecule has 0 radical (unpaired) electrons. The Morgan fingerprint density at radius 2 is 1.96 bits per heavy atom. The molecule has 0 aliphatic heterocycles. The molecule has 0 aliphatic carbocycles. The average Bonchev–Trinajstić information content (AvgIpc) is 3.27. The lowest BCUT2D eigenvalue weighted by Gasteiger charge is -2.09. The van der Waals surface area contributed by atoms with Crippen LogP contribution in [0.15, 0.2) is 67.1 Å². The van der Waals surface area contributed by atoms with E-state index in [1.807, 2.05) is 12.1 Å². The lowest BCUT2D eigenvalue weighted by molar-refractivity contribution is -0.119. The van der Waals surface area contributed by atoms with Gasteiger partial charge in [-0.15, -0.1) is 5.10 Å². The zero-order valence-corrected chi connectivity index (χ0v) is 14.5. The molecule has 0 spiro atoms. The molecule has 28 heavy (non-hydrogen) atoms. The van der Waals surface area contributed by atoms with Crippen molar-refractivity contribution in [1.29, 1.82) is 0 Å². The van der Waals surface area contributed by atoms with Crippen LogP contribution in [0, 0.1) is 0 Å². The van der Waals surface area contributed by atoms with Gasteiger partial charge in [-0.2, -0.15) is 0 Å². The summed E-state index contributed by atoms with van der Waals surface area (Å²) in [6.07, 6.45) is 3.09. The summed E-state index contributed by atoms with van der Waals surface area (Å²) < 4.78 is 6.53. The number of rotatable bonds is 5. The zero-order chi connectivity index (χ0) is 19.3. The van der Waals surface area contributed by atoms with Gasteiger partial charge in [0.15, 0.2) is 6.61 Å². The highest BCUT2D eigenvalue weighted by Gasteiger charge is 2.12. The van der Waals surface area contributed by atoms with Crippen LogP contribution in [0.25, 0.3) is 16.6 Å². The van der Waals surface area contributed by atoms with Crippen molar-refractivity contribution < 1.29 is 14.3 Å². The van der Waals surface area contributed by atoms with Crippen molar-refractivity contribution >= 4 is 28.5 Å². The number of hydrogen-bond acceptors (Lipinski definition) is 7. The summed E-state index contributed by atoms with van der Waals surface area (Å²) in [5.41, 5.74) is 2.26. The smallest absolute Gasteiger partial charge is 0.338 e. The van der Waals surface area contributed by atoms with Gasteiger partial charge in [0.05, 0.1) is 22.5 Å². The maximum atomic E-state index is 12.3. The van der Waals surface area contributed by atoms with Crippen molar-refractivity contribution in [3.8, 4) is 5.69 Å². The summed E-state index contributed by atoms with van der Waals surface area (Å²) in [7, 11) is 0. The summed E-state index contributed by atoms with van der Waals surface area (Å²) in [5.74, 6) is -1.06. The molecule has 9 nitrogen and oxygen atoms in total. The third-order valence-corrected chi connectivity index (χ3v) is 3.95. The van der Waals surface area contributed by atoms with Crippen LogP contribution in [0.3, 0.4) is 0 Å².